The molecule has 0 bridgehead atoms. The molecule has 0 saturated carbocycles. The van der Waals surface area contributed by atoms with E-state index >= 15 is 0 Å². The Hall–Kier alpha value is -3.19. The number of hydrogen-bond donors (Lipinski definition) is 2. The van der Waals surface area contributed by atoms with E-state index in [4.69, 9.17) is 21.7 Å². The van der Waals surface area contributed by atoms with Gasteiger partial charge < -0.3 is 20.1 Å². The fourth-order valence-electron chi connectivity index (χ4n) is 2.39. The molecule has 7 heteroatoms. The normalized spacial score (nSPS) is 11.3. The molecule has 3 aromatic rings. The Balaban J connectivity index is 1.70. The zero-order valence-electron chi connectivity index (χ0n) is 15.0. The quantitative estimate of drug-likeness (QED) is 0.617. The van der Waals surface area contributed by atoms with Crippen LogP contribution >= 0.6 is 12.2 Å². The van der Waals surface area contributed by atoms with Gasteiger partial charge in [0.2, 0.25) is 17.7 Å². The molecule has 1 unspecified atom stereocenters. The lowest BCUT2D eigenvalue weighted by atomic mass is 10.1. The van der Waals surface area contributed by atoms with Crippen molar-refractivity contribution in [2.75, 3.05) is 12.4 Å². The first-order valence-corrected chi connectivity index (χ1v) is 8.83. The third kappa shape index (κ3) is 5.39. The molecule has 0 amide bonds. The van der Waals surface area contributed by atoms with Crippen LogP contribution in [0.5, 0.6) is 17.5 Å². The summed E-state index contributed by atoms with van der Waals surface area (Å²) in [7, 11) is 1.53. The van der Waals surface area contributed by atoms with Gasteiger partial charge in [0.1, 0.15) is 5.75 Å². The predicted molar refractivity (Wildman–Crippen MR) is 109 cm³/mol. The number of methoxy groups -OCH3 is 1. The minimum atomic E-state index is 0.0387. The van der Waals surface area contributed by atoms with Crippen LogP contribution in [0.2, 0.25) is 0 Å². The van der Waals surface area contributed by atoms with Crippen LogP contribution in [0.3, 0.4) is 0 Å². The van der Waals surface area contributed by atoms with Gasteiger partial charge in [-0.15, -0.1) is 0 Å². The fraction of sp³-hybridized carbons (Fsp3) is 0.150. The van der Waals surface area contributed by atoms with Crippen LogP contribution in [0, 0.1) is 0 Å². The average molecular weight is 380 g/mol. The maximum Gasteiger partial charge on any atom is 0.235 e. The molecule has 3 rings (SSSR count). The summed E-state index contributed by atoms with van der Waals surface area (Å²) in [4.78, 5) is 8.61. The first-order valence-electron chi connectivity index (χ1n) is 8.42. The minimum Gasteiger partial charge on any atom is -0.481 e. The number of aromatic nitrogens is 2. The van der Waals surface area contributed by atoms with Crippen molar-refractivity contribution in [1.82, 2.24) is 15.3 Å². The molecule has 1 heterocycles. The highest BCUT2D eigenvalue weighted by atomic mass is 32.1. The van der Waals surface area contributed by atoms with Gasteiger partial charge in [-0.05, 0) is 36.8 Å². The lowest BCUT2D eigenvalue weighted by molar-refractivity contribution is 0.389. The summed E-state index contributed by atoms with van der Waals surface area (Å²) in [5, 5.41) is 6.60. The Morgan fingerprint density at radius 2 is 1.59 bits per heavy atom. The molecule has 1 atom stereocenters. The zero-order valence-corrected chi connectivity index (χ0v) is 15.9. The van der Waals surface area contributed by atoms with Gasteiger partial charge in [-0.1, -0.05) is 48.5 Å². The van der Waals surface area contributed by atoms with Crippen LogP contribution in [0.25, 0.3) is 0 Å². The van der Waals surface area contributed by atoms with Crippen molar-refractivity contribution in [3.05, 3.63) is 72.3 Å². The summed E-state index contributed by atoms with van der Waals surface area (Å²) in [6.45, 7) is 2.03. The number of rotatable bonds is 6. The Morgan fingerprint density at radius 3 is 2.26 bits per heavy atom. The summed E-state index contributed by atoms with van der Waals surface area (Å²) >= 11 is 5.38. The van der Waals surface area contributed by atoms with Crippen molar-refractivity contribution in [1.29, 1.82) is 0 Å². The van der Waals surface area contributed by atoms with E-state index in [1.165, 1.54) is 7.11 Å². The summed E-state index contributed by atoms with van der Waals surface area (Å²) in [6, 6.07) is 21.0. The largest absolute Gasteiger partial charge is 0.481 e. The highest BCUT2D eigenvalue weighted by Gasteiger charge is 2.11. The molecule has 138 valence electrons. The minimum absolute atomic E-state index is 0.0387. The Labute approximate surface area is 163 Å². The molecule has 0 saturated heterocycles. The topological polar surface area (TPSA) is 68.3 Å². The molecule has 2 N–H and O–H groups in total. The first-order chi connectivity index (χ1) is 13.1. The van der Waals surface area contributed by atoms with Crippen molar-refractivity contribution in [2.45, 2.75) is 13.0 Å². The average Bonchev–Trinajstić information content (AvgIpc) is 2.69. The molecule has 0 aliphatic heterocycles. The van der Waals surface area contributed by atoms with E-state index in [0.29, 0.717) is 22.6 Å². The molecule has 2 aromatic carbocycles. The third-order valence-corrected chi connectivity index (χ3v) is 3.95. The van der Waals surface area contributed by atoms with Gasteiger partial charge in [0.25, 0.3) is 0 Å². The van der Waals surface area contributed by atoms with Gasteiger partial charge in [-0.3, -0.25) is 0 Å². The molecular formula is C20H20N4O2S. The molecule has 0 aliphatic carbocycles. The van der Waals surface area contributed by atoms with Gasteiger partial charge in [-0.25, -0.2) is 0 Å². The van der Waals surface area contributed by atoms with Crippen LogP contribution in [-0.2, 0) is 0 Å². The molecular weight excluding hydrogens is 360 g/mol. The van der Waals surface area contributed by atoms with Crippen molar-refractivity contribution >= 4 is 23.3 Å². The van der Waals surface area contributed by atoms with Crippen LogP contribution in [0.1, 0.15) is 18.5 Å². The number of nitrogens with zero attached hydrogens (tertiary/aromatic N) is 2. The van der Waals surface area contributed by atoms with Crippen molar-refractivity contribution in [3.8, 4) is 17.5 Å². The zero-order chi connectivity index (χ0) is 19.1. The summed E-state index contributed by atoms with van der Waals surface area (Å²) in [5.74, 6) is 1.69. The predicted octanol–water partition coefficient (Wildman–Crippen LogP) is 4.33. The van der Waals surface area contributed by atoms with Gasteiger partial charge in [0.05, 0.1) is 19.2 Å². The second-order valence-electron chi connectivity index (χ2n) is 5.72. The molecule has 1 aromatic heterocycles. The van der Waals surface area contributed by atoms with E-state index in [1.54, 1.807) is 6.07 Å². The van der Waals surface area contributed by atoms with E-state index in [2.05, 4.69) is 20.6 Å². The van der Waals surface area contributed by atoms with Crippen LogP contribution in [0.15, 0.2) is 66.7 Å². The van der Waals surface area contributed by atoms with Crippen LogP contribution in [0.4, 0.5) is 5.95 Å². The van der Waals surface area contributed by atoms with Crippen molar-refractivity contribution < 1.29 is 9.47 Å². The maximum absolute atomic E-state index is 5.76. The van der Waals surface area contributed by atoms with E-state index in [9.17, 15) is 0 Å². The molecule has 0 fully saturated rings. The van der Waals surface area contributed by atoms with E-state index < -0.39 is 0 Å². The van der Waals surface area contributed by atoms with E-state index in [0.717, 1.165) is 5.56 Å². The van der Waals surface area contributed by atoms with E-state index in [-0.39, 0.29) is 12.0 Å². The number of ether oxygens (including phenoxy) is 2. The monoisotopic (exact) mass is 380 g/mol. The van der Waals surface area contributed by atoms with Crippen molar-refractivity contribution in [3.63, 3.8) is 0 Å². The molecule has 0 aliphatic rings. The summed E-state index contributed by atoms with van der Waals surface area (Å²) in [6.07, 6.45) is 0. The highest BCUT2D eigenvalue weighted by Crippen LogP contribution is 2.23. The Bertz CT molecular complexity index is 891. The second kappa shape index (κ2) is 8.95. The van der Waals surface area contributed by atoms with Gasteiger partial charge in [0.15, 0.2) is 5.11 Å². The SMILES string of the molecule is COc1cc(Oc2ccccc2)nc(NC(=S)NC(C)c2ccccc2)n1. The standard InChI is InChI=1S/C20H20N4O2S/c1-14(15-9-5-3-6-10-15)21-20(27)24-19-22-17(25-2)13-18(23-19)26-16-11-7-4-8-12-16/h3-14H,1-2H3,(H2,21,22,23,24,27). The number of anilines is 1. The van der Waals surface area contributed by atoms with E-state index in [1.807, 2.05) is 67.6 Å². The Kier molecular flexibility index (Phi) is 6.17. The van der Waals surface area contributed by atoms with Crippen molar-refractivity contribution in [2.24, 2.45) is 0 Å². The molecule has 6 nitrogen and oxygen atoms in total. The third-order valence-electron chi connectivity index (χ3n) is 3.73. The van der Waals surface area contributed by atoms with Gasteiger partial charge in [-0.2, -0.15) is 9.97 Å². The van der Waals surface area contributed by atoms with Gasteiger partial charge >= 0.3 is 0 Å². The number of hydrogen-bond acceptors (Lipinski definition) is 5. The summed E-state index contributed by atoms with van der Waals surface area (Å²) in [5.41, 5.74) is 1.13. The number of thiocarbonyl (C=S) groups is 1. The number of nitrogens with one attached hydrogen (secondary N) is 2. The van der Waals surface area contributed by atoms with Crippen LogP contribution in [-0.4, -0.2) is 22.2 Å². The smallest absolute Gasteiger partial charge is 0.235 e. The lowest BCUT2D eigenvalue weighted by Crippen LogP contribution is -2.31. The second-order valence-corrected chi connectivity index (χ2v) is 6.13. The lowest BCUT2D eigenvalue weighted by Gasteiger charge is -2.17. The van der Waals surface area contributed by atoms with Gasteiger partial charge in [0, 0.05) is 0 Å². The molecule has 0 spiro atoms. The molecule has 0 radical (unpaired) electrons. The maximum atomic E-state index is 5.76. The van der Waals surface area contributed by atoms with Crippen LogP contribution < -0.4 is 20.1 Å². The highest BCUT2D eigenvalue weighted by molar-refractivity contribution is 7.80. The number of para-hydroxylation sites is 1. The Morgan fingerprint density at radius 1 is 0.963 bits per heavy atom. The fourth-order valence-corrected chi connectivity index (χ4v) is 2.65. The first kappa shape index (κ1) is 18.6. The summed E-state index contributed by atoms with van der Waals surface area (Å²) < 4.78 is 11.0. The molecule has 27 heavy (non-hydrogen) atoms. The number of benzene rings is 2.